The fraction of sp³-hybridized carbons (Fsp3) is 0.250. The Morgan fingerprint density at radius 2 is 2.06 bits per heavy atom. The first kappa shape index (κ1) is 12.5. The molecule has 0 aliphatic rings. The Kier molecular flexibility index (Phi) is 3.88. The number of hydrogen-bond donors (Lipinski definition) is 2. The molecule has 0 saturated carbocycles. The van der Waals surface area contributed by atoms with Gasteiger partial charge in [-0.1, -0.05) is 29.5 Å². The van der Waals surface area contributed by atoms with Gasteiger partial charge in [0.1, 0.15) is 5.01 Å². The lowest BCUT2D eigenvalue weighted by atomic mass is 10.2. The van der Waals surface area contributed by atoms with E-state index < -0.39 is 0 Å². The lowest BCUT2D eigenvalue weighted by Crippen LogP contribution is -2.21. The highest BCUT2D eigenvalue weighted by molar-refractivity contribution is 7.15. The molecule has 1 heterocycles. The number of anilines is 2. The molecule has 0 fully saturated rings. The van der Waals surface area contributed by atoms with E-state index in [2.05, 4.69) is 20.8 Å². The number of aryl methyl sites for hydroxylation is 2. The molecule has 0 aliphatic heterocycles. The summed E-state index contributed by atoms with van der Waals surface area (Å²) < 4.78 is 0. The van der Waals surface area contributed by atoms with Crippen molar-refractivity contribution < 1.29 is 4.79 Å². The number of hydrogen-bond acceptors (Lipinski definition) is 5. The minimum absolute atomic E-state index is 0.130. The Bertz CT molecular complexity index is 553. The molecular weight excluding hydrogens is 248 g/mol. The Morgan fingerprint density at radius 3 is 2.72 bits per heavy atom. The van der Waals surface area contributed by atoms with Gasteiger partial charge < -0.3 is 5.32 Å². The molecule has 94 valence electrons. The maximum atomic E-state index is 11.7. The molecule has 2 aromatic rings. The van der Waals surface area contributed by atoms with Crippen LogP contribution in [0.25, 0.3) is 0 Å². The van der Waals surface area contributed by atoms with Gasteiger partial charge in [0, 0.05) is 5.69 Å². The van der Waals surface area contributed by atoms with Crippen LogP contribution in [-0.2, 0) is 4.79 Å². The number of benzene rings is 1. The summed E-state index contributed by atoms with van der Waals surface area (Å²) in [5.74, 6) is -0.130. The highest BCUT2D eigenvalue weighted by Gasteiger charge is 2.06. The molecule has 1 aromatic carbocycles. The SMILES string of the molecule is Cc1nnc(NC(=O)CNc2ccccc2C)s1. The van der Waals surface area contributed by atoms with Gasteiger partial charge in [0.2, 0.25) is 11.0 Å². The Hall–Kier alpha value is -1.95. The van der Waals surface area contributed by atoms with Gasteiger partial charge in [0.05, 0.1) is 6.54 Å². The molecule has 2 rings (SSSR count). The largest absolute Gasteiger partial charge is 0.376 e. The van der Waals surface area contributed by atoms with Crippen LogP contribution in [0, 0.1) is 13.8 Å². The molecule has 0 spiro atoms. The van der Waals surface area contributed by atoms with Crippen molar-refractivity contribution in [3.8, 4) is 0 Å². The molecule has 0 atom stereocenters. The van der Waals surface area contributed by atoms with Crippen LogP contribution in [0.15, 0.2) is 24.3 Å². The summed E-state index contributed by atoms with van der Waals surface area (Å²) in [7, 11) is 0. The van der Waals surface area contributed by atoms with Crippen LogP contribution >= 0.6 is 11.3 Å². The van der Waals surface area contributed by atoms with Crippen LogP contribution in [0.2, 0.25) is 0 Å². The van der Waals surface area contributed by atoms with E-state index in [1.54, 1.807) is 0 Å². The smallest absolute Gasteiger partial charge is 0.245 e. The molecule has 18 heavy (non-hydrogen) atoms. The zero-order valence-electron chi connectivity index (χ0n) is 10.2. The van der Waals surface area contributed by atoms with Crippen LogP contribution in [0.4, 0.5) is 10.8 Å². The van der Waals surface area contributed by atoms with E-state index >= 15 is 0 Å². The quantitative estimate of drug-likeness (QED) is 0.886. The molecule has 5 nitrogen and oxygen atoms in total. The number of amides is 1. The van der Waals surface area contributed by atoms with Gasteiger partial charge in [0.25, 0.3) is 0 Å². The van der Waals surface area contributed by atoms with Gasteiger partial charge in [-0.25, -0.2) is 0 Å². The third-order valence-electron chi connectivity index (χ3n) is 2.36. The van der Waals surface area contributed by atoms with Gasteiger partial charge in [-0.05, 0) is 25.5 Å². The number of aromatic nitrogens is 2. The van der Waals surface area contributed by atoms with E-state index in [1.165, 1.54) is 11.3 Å². The lowest BCUT2D eigenvalue weighted by molar-refractivity contribution is -0.114. The molecule has 0 aliphatic carbocycles. The fourth-order valence-electron chi connectivity index (χ4n) is 1.46. The average molecular weight is 262 g/mol. The fourth-order valence-corrected chi connectivity index (χ4v) is 2.07. The third-order valence-corrected chi connectivity index (χ3v) is 3.11. The highest BCUT2D eigenvalue weighted by atomic mass is 32.1. The predicted molar refractivity (Wildman–Crippen MR) is 72.9 cm³/mol. The van der Waals surface area contributed by atoms with Crippen LogP contribution in [0.1, 0.15) is 10.6 Å². The van der Waals surface area contributed by atoms with E-state index in [9.17, 15) is 4.79 Å². The first-order chi connectivity index (χ1) is 8.65. The van der Waals surface area contributed by atoms with Crippen LogP contribution in [-0.4, -0.2) is 22.6 Å². The normalized spacial score (nSPS) is 10.1. The average Bonchev–Trinajstić information content (AvgIpc) is 2.74. The Labute approximate surface area is 109 Å². The number of para-hydroxylation sites is 1. The Morgan fingerprint density at radius 1 is 1.28 bits per heavy atom. The first-order valence-corrected chi connectivity index (χ1v) is 6.36. The first-order valence-electron chi connectivity index (χ1n) is 5.54. The summed E-state index contributed by atoms with van der Waals surface area (Å²) >= 11 is 1.36. The topological polar surface area (TPSA) is 66.9 Å². The van der Waals surface area contributed by atoms with Gasteiger partial charge in [-0.15, -0.1) is 10.2 Å². The molecule has 0 radical (unpaired) electrons. The van der Waals surface area contributed by atoms with Crippen molar-refractivity contribution in [2.45, 2.75) is 13.8 Å². The second kappa shape index (κ2) is 5.59. The van der Waals surface area contributed by atoms with Gasteiger partial charge in [-0.3, -0.25) is 10.1 Å². The second-order valence-corrected chi connectivity index (χ2v) is 5.02. The van der Waals surface area contributed by atoms with E-state index in [0.29, 0.717) is 5.13 Å². The van der Waals surface area contributed by atoms with Crippen molar-refractivity contribution in [2.75, 3.05) is 17.2 Å². The van der Waals surface area contributed by atoms with Crippen LogP contribution < -0.4 is 10.6 Å². The Balaban J connectivity index is 1.87. The maximum Gasteiger partial charge on any atom is 0.245 e. The summed E-state index contributed by atoms with van der Waals surface area (Å²) in [6.07, 6.45) is 0. The summed E-state index contributed by atoms with van der Waals surface area (Å²) in [6.45, 7) is 4.05. The highest BCUT2D eigenvalue weighted by Crippen LogP contribution is 2.14. The summed E-state index contributed by atoms with van der Waals surface area (Å²) in [5.41, 5.74) is 2.07. The summed E-state index contributed by atoms with van der Waals surface area (Å²) in [5, 5.41) is 14.8. The predicted octanol–water partition coefficient (Wildman–Crippen LogP) is 2.21. The number of nitrogens with zero attached hydrogens (tertiary/aromatic N) is 2. The second-order valence-electron chi connectivity index (χ2n) is 3.84. The van der Waals surface area contributed by atoms with Crippen molar-refractivity contribution in [2.24, 2.45) is 0 Å². The summed E-state index contributed by atoms with van der Waals surface area (Å²) in [4.78, 5) is 11.7. The van der Waals surface area contributed by atoms with Crippen LogP contribution in [0.3, 0.4) is 0 Å². The zero-order chi connectivity index (χ0) is 13.0. The van der Waals surface area contributed by atoms with Crippen molar-refractivity contribution in [3.63, 3.8) is 0 Å². The molecule has 6 heteroatoms. The molecule has 2 N–H and O–H groups in total. The minimum atomic E-state index is -0.130. The van der Waals surface area contributed by atoms with Crippen molar-refractivity contribution in [3.05, 3.63) is 34.8 Å². The number of rotatable bonds is 4. The lowest BCUT2D eigenvalue weighted by Gasteiger charge is -2.08. The van der Waals surface area contributed by atoms with Crippen molar-refractivity contribution in [1.82, 2.24) is 10.2 Å². The summed E-state index contributed by atoms with van der Waals surface area (Å²) in [6, 6.07) is 7.83. The van der Waals surface area contributed by atoms with Crippen LogP contribution in [0.5, 0.6) is 0 Å². The number of carbonyl (C=O) groups is 1. The minimum Gasteiger partial charge on any atom is -0.376 e. The molecule has 0 bridgehead atoms. The van der Waals surface area contributed by atoms with Gasteiger partial charge >= 0.3 is 0 Å². The molecule has 0 unspecified atom stereocenters. The van der Waals surface area contributed by atoms with E-state index in [-0.39, 0.29) is 12.5 Å². The van der Waals surface area contributed by atoms with Gasteiger partial charge in [-0.2, -0.15) is 0 Å². The standard InChI is InChI=1S/C12H14N4OS/c1-8-5-3-4-6-10(8)13-7-11(17)14-12-16-15-9(2)18-12/h3-6,13H,7H2,1-2H3,(H,14,16,17). The maximum absolute atomic E-state index is 11.7. The van der Waals surface area contributed by atoms with E-state index in [1.807, 2.05) is 38.1 Å². The van der Waals surface area contributed by atoms with E-state index in [0.717, 1.165) is 16.3 Å². The van der Waals surface area contributed by atoms with Crippen molar-refractivity contribution >= 4 is 28.1 Å². The number of nitrogens with one attached hydrogen (secondary N) is 2. The molecule has 1 amide bonds. The van der Waals surface area contributed by atoms with Gasteiger partial charge in [0.15, 0.2) is 0 Å². The zero-order valence-corrected chi connectivity index (χ0v) is 11.0. The molecule has 1 aromatic heterocycles. The molecular formula is C12H14N4OS. The monoisotopic (exact) mass is 262 g/mol. The molecule has 0 saturated heterocycles. The van der Waals surface area contributed by atoms with E-state index in [4.69, 9.17) is 0 Å². The third kappa shape index (κ3) is 3.27. The number of carbonyl (C=O) groups excluding carboxylic acids is 1. The van der Waals surface area contributed by atoms with Crippen molar-refractivity contribution in [1.29, 1.82) is 0 Å².